The highest BCUT2D eigenvalue weighted by molar-refractivity contribution is 6.31. The van der Waals surface area contributed by atoms with Gasteiger partial charge in [-0.1, -0.05) is 23.7 Å². The second kappa shape index (κ2) is 8.86. The number of hydrogen-bond donors (Lipinski definition) is 0. The SMILES string of the molecule is [N-]=[N+]=NC(=O)c1cccc(N(Cc2ccncc2)c2ccc(Cl)c(C(F)(F)F)c2)c1. The van der Waals surface area contributed by atoms with Crippen LogP contribution in [0, 0.1) is 0 Å². The number of carbonyl (C=O) groups is 1. The molecule has 0 bridgehead atoms. The van der Waals surface area contributed by atoms with E-state index < -0.39 is 22.7 Å². The molecule has 3 rings (SSSR count). The van der Waals surface area contributed by atoms with Gasteiger partial charge in [-0.25, -0.2) is 0 Å². The van der Waals surface area contributed by atoms with Gasteiger partial charge in [-0.05, 0) is 58.7 Å². The zero-order valence-electron chi connectivity index (χ0n) is 15.2. The first-order valence-electron chi connectivity index (χ1n) is 8.52. The Morgan fingerprint density at radius 2 is 1.80 bits per heavy atom. The molecule has 0 fully saturated rings. The van der Waals surface area contributed by atoms with Crippen LogP contribution in [-0.4, -0.2) is 10.9 Å². The smallest absolute Gasteiger partial charge is 0.337 e. The second-order valence-electron chi connectivity index (χ2n) is 6.15. The quantitative estimate of drug-likeness (QED) is 0.261. The van der Waals surface area contributed by atoms with Gasteiger partial charge in [-0.2, -0.15) is 13.2 Å². The number of pyridine rings is 1. The van der Waals surface area contributed by atoms with E-state index in [-0.39, 0.29) is 17.8 Å². The van der Waals surface area contributed by atoms with E-state index in [0.29, 0.717) is 5.69 Å². The lowest BCUT2D eigenvalue weighted by Gasteiger charge is -2.26. The van der Waals surface area contributed by atoms with Gasteiger partial charge in [0.05, 0.1) is 10.6 Å². The van der Waals surface area contributed by atoms with Gasteiger partial charge >= 0.3 is 6.18 Å². The van der Waals surface area contributed by atoms with E-state index >= 15 is 0 Å². The van der Waals surface area contributed by atoms with Gasteiger partial charge in [-0.3, -0.25) is 9.78 Å². The molecule has 0 aliphatic carbocycles. The number of azide groups is 1. The van der Waals surface area contributed by atoms with Crippen molar-refractivity contribution in [2.24, 2.45) is 5.11 Å². The maximum Gasteiger partial charge on any atom is 0.417 e. The van der Waals surface area contributed by atoms with Crippen molar-refractivity contribution in [1.82, 2.24) is 4.98 Å². The summed E-state index contributed by atoms with van der Waals surface area (Å²) in [5.41, 5.74) is 9.05. The highest BCUT2D eigenvalue weighted by Crippen LogP contribution is 2.39. The molecular weight excluding hydrogens is 419 g/mol. The Hall–Kier alpha value is -3.55. The average Bonchev–Trinajstić information content (AvgIpc) is 2.73. The molecule has 2 aromatic carbocycles. The molecule has 3 aromatic rings. The minimum absolute atomic E-state index is 0.107. The molecular formula is C20H13ClF3N5O. The predicted molar refractivity (Wildman–Crippen MR) is 106 cm³/mol. The fourth-order valence-corrected chi connectivity index (χ4v) is 3.03. The highest BCUT2D eigenvalue weighted by atomic mass is 35.5. The summed E-state index contributed by atoms with van der Waals surface area (Å²) in [5.74, 6) is -0.796. The summed E-state index contributed by atoms with van der Waals surface area (Å²) in [7, 11) is 0. The second-order valence-corrected chi connectivity index (χ2v) is 6.56. The predicted octanol–water partition coefficient (Wildman–Crippen LogP) is 6.54. The van der Waals surface area contributed by atoms with Crippen molar-refractivity contribution < 1.29 is 18.0 Å². The molecule has 0 aliphatic rings. The van der Waals surface area contributed by atoms with Crippen LogP contribution in [0.2, 0.25) is 5.02 Å². The Morgan fingerprint density at radius 3 is 2.47 bits per heavy atom. The van der Waals surface area contributed by atoms with Gasteiger partial charge in [0.1, 0.15) is 0 Å². The summed E-state index contributed by atoms with van der Waals surface area (Å²) in [6.45, 7) is 0.195. The fourth-order valence-electron chi connectivity index (χ4n) is 2.81. The lowest BCUT2D eigenvalue weighted by Crippen LogP contribution is -2.18. The van der Waals surface area contributed by atoms with E-state index in [1.807, 2.05) is 0 Å². The van der Waals surface area contributed by atoms with Crippen LogP contribution in [-0.2, 0) is 12.7 Å². The van der Waals surface area contributed by atoms with Crippen molar-refractivity contribution in [2.45, 2.75) is 12.7 Å². The van der Waals surface area contributed by atoms with Crippen LogP contribution in [0.15, 0.2) is 72.1 Å². The van der Waals surface area contributed by atoms with E-state index in [9.17, 15) is 18.0 Å². The van der Waals surface area contributed by atoms with Gasteiger partial charge in [-0.15, -0.1) is 0 Å². The monoisotopic (exact) mass is 431 g/mol. The lowest BCUT2D eigenvalue weighted by atomic mass is 10.1. The number of carbonyl (C=O) groups excluding carboxylic acids is 1. The molecule has 30 heavy (non-hydrogen) atoms. The van der Waals surface area contributed by atoms with Crippen molar-refractivity contribution in [2.75, 3.05) is 4.90 Å². The van der Waals surface area contributed by atoms with Crippen LogP contribution < -0.4 is 4.90 Å². The van der Waals surface area contributed by atoms with Crippen molar-refractivity contribution in [1.29, 1.82) is 0 Å². The Morgan fingerprint density at radius 1 is 1.10 bits per heavy atom. The van der Waals surface area contributed by atoms with E-state index in [0.717, 1.165) is 11.6 Å². The Labute approximate surface area is 174 Å². The number of anilines is 2. The molecule has 0 radical (unpaired) electrons. The summed E-state index contributed by atoms with van der Waals surface area (Å²) in [5, 5.41) is 2.64. The maximum atomic E-state index is 13.4. The number of halogens is 4. The van der Waals surface area contributed by atoms with Crippen LogP contribution in [0.4, 0.5) is 24.5 Å². The minimum atomic E-state index is -4.63. The first kappa shape index (κ1) is 21.2. The molecule has 0 N–H and O–H groups in total. The van der Waals surface area contributed by atoms with E-state index in [2.05, 4.69) is 15.0 Å². The molecule has 0 spiro atoms. The topological polar surface area (TPSA) is 82.0 Å². The molecule has 1 heterocycles. The third kappa shape index (κ3) is 4.89. The maximum absolute atomic E-state index is 13.4. The molecule has 0 aliphatic heterocycles. The summed E-state index contributed by atoms with van der Waals surface area (Å²) < 4.78 is 40.1. The van der Waals surface area contributed by atoms with Crippen LogP contribution in [0.5, 0.6) is 0 Å². The lowest BCUT2D eigenvalue weighted by molar-refractivity contribution is -0.137. The molecule has 0 atom stereocenters. The first-order chi connectivity index (χ1) is 14.3. The van der Waals surface area contributed by atoms with Crippen molar-refractivity contribution in [3.8, 4) is 0 Å². The average molecular weight is 432 g/mol. The largest absolute Gasteiger partial charge is 0.417 e. The zero-order chi connectivity index (χ0) is 21.7. The number of benzene rings is 2. The summed E-state index contributed by atoms with van der Waals surface area (Å²) >= 11 is 5.76. The molecule has 10 heteroatoms. The van der Waals surface area contributed by atoms with Crippen molar-refractivity contribution in [3.05, 3.63) is 99.1 Å². The van der Waals surface area contributed by atoms with Crippen LogP contribution in [0.1, 0.15) is 21.5 Å². The van der Waals surface area contributed by atoms with Gasteiger partial charge in [0.2, 0.25) is 5.91 Å². The van der Waals surface area contributed by atoms with Gasteiger partial charge in [0, 0.05) is 40.8 Å². The highest BCUT2D eigenvalue weighted by Gasteiger charge is 2.34. The van der Waals surface area contributed by atoms with Gasteiger partial charge in [0.25, 0.3) is 0 Å². The fraction of sp³-hybridized carbons (Fsp3) is 0.100. The molecule has 0 saturated heterocycles. The van der Waals surface area contributed by atoms with E-state index in [4.69, 9.17) is 17.1 Å². The Balaban J connectivity index is 2.12. The van der Waals surface area contributed by atoms with Crippen LogP contribution >= 0.6 is 11.6 Å². The first-order valence-corrected chi connectivity index (χ1v) is 8.90. The van der Waals surface area contributed by atoms with Crippen molar-refractivity contribution >= 4 is 28.9 Å². The summed E-state index contributed by atoms with van der Waals surface area (Å²) in [6.07, 6.45) is -1.50. The Kier molecular flexibility index (Phi) is 6.25. The number of nitrogens with zero attached hydrogens (tertiary/aromatic N) is 5. The minimum Gasteiger partial charge on any atom is -0.337 e. The molecule has 1 aromatic heterocycles. The van der Waals surface area contributed by atoms with Crippen molar-refractivity contribution in [3.63, 3.8) is 0 Å². The summed E-state index contributed by atoms with van der Waals surface area (Å²) in [6, 6.07) is 13.1. The molecule has 6 nitrogen and oxygen atoms in total. The zero-order valence-corrected chi connectivity index (χ0v) is 16.0. The normalized spacial score (nSPS) is 10.9. The van der Waals surface area contributed by atoms with E-state index in [1.54, 1.807) is 41.6 Å². The molecule has 0 saturated carbocycles. The molecule has 1 amide bonds. The third-order valence-electron chi connectivity index (χ3n) is 4.20. The summed E-state index contributed by atoms with van der Waals surface area (Å²) in [4.78, 5) is 19.9. The standard InChI is InChI=1S/C20H13ClF3N5O/c21-18-5-4-16(11-17(18)20(22,23)24)29(12-13-6-8-26-9-7-13)15-3-1-2-14(10-15)19(30)27-28-25/h1-11H,12H2. The Bertz CT molecular complexity index is 1110. The number of rotatable bonds is 5. The number of hydrogen-bond acceptors (Lipinski definition) is 3. The van der Waals surface area contributed by atoms with Crippen LogP contribution in [0.25, 0.3) is 10.4 Å². The molecule has 152 valence electrons. The van der Waals surface area contributed by atoms with Crippen LogP contribution in [0.3, 0.4) is 0 Å². The third-order valence-corrected chi connectivity index (χ3v) is 4.53. The molecule has 0 unspecified atom stereocenters. The van der Waals surface area contributed by atoms with Gasteiger partial charge in [0.15, 0.2) is 0 Å². The number of amides is 1. The number of alkyl halides is 3. The van der Waals surface area contributed by atoms with E-state index in [1.165, 1.54) is 24.3 Å². The van der Waals surface area contributed by atoms with Gasteiger partial charge < -0.3 is 4.90 Å². The number of aromatic nitrogens is 1.